The molecule has 2 atom stereocenters. The van der Waals surface area contributed by atoms with Crippen LogP contribution in [-0.2, 0) is 0 Å². The quantitative estimate of drug-likeness (QED) is 0.686. The highest BCUT2D eigenvalue weighted by Crippen LogP contribution is 2.26. The molecule has 1 heterocycles. The van der Waals surface area contributed by atoms with Crippen molar-refractivity contribution in [2.45, 2.75) is 65.5 Å². The minimum Gasteiger partial charge on any atom is -0.308 e. The lowest BCUT2D eigenvalue weighted by molar-refractivity contribution is 0.0509. The highest BCUT2D eigenvalue weighted by Gasteiger charge is 2.37. The second kappa shape index (κ2) is 8.53. The van der Waals surface area contributed by atoms with Crippen LogP contribution in [0, 0.1) is 5.92 Å². The number of nitrogens with one attached hydrogen (secondary N) is 1. The minimum absolute atomic E-state index is 0.362. The fourth-order valence-corrected chi connectivity index (χ4v) is 3.79. The van der Waals surface area contributed by atoms with E-state index in [4.69, 9.17) is 0 Å². The summed E-state index contributed by atoms with van der Waals surface area (Å²) in [5.74, 6) is 3.32. The topological polar surface area (TPSA) is 15.3 Å². The van der Waals surface area contributed by atoms with Crippen molar-refractivity contribution >= 4 is 11.8 Å². The van der Waals surface area contributed by atoms with Crippen LogP contribution in [0.15, 0.2) is 0 Å². The second-order valence-electron chi connectivity index (χ2n) is 5.99. The average molecular weight is 287 g/mol. The van der Waals surface area contributed by atoms with E-state index in [0.29, 0.717) is 5.54 Å². The standard InChI is InChI=1S/C16H34N2S/c1-6-14(5)15-12-17-16(7-2,8-3)13-18(15)10-11-19-9-4/h14-15,17H,6-13H2,1-5H3. The van der Waals surface area contributed by atoms with Crippen molar-refractivity contribution in [3.8, 4) is 0 Å². The normalized spacial score (nSPS) is 25.4. The predicted molar refractivity (Wildman–Crippen MR) is 89.1 cm³/mol. The van der Waals surface area contributed by atoms with Crippen LogP contribution < -0.4 is 5.32 Å². The van der Waals surface area contributed by atoms with Gasteiger partial charge in [-0.15, -0.1) is 0 Å². The first-order valence-corrected chi connectivity index (χ1v) is 9.34. The number of rotatable bonds is 8. The Balaban J connectivity index is 2.67. The second-order valence-corrected chi connectivity index (χ2v) is 7.38. The number of piperazine rings is 1. The summed E-state index contributed by atoms with van der Waals surface area (Å²) >= 11 is 2.08. The number of hydrogen-bond donors (Lipinski definition) is 1. The van der Waals surface area contributed by atoms with Gasteiger partial charge in [0.1, 0.15) is 0 Å². The molecule has 1 fully saturated rings. The van der Waals surface area contributed by atoms with E-state index >= 15 is 0 Å². The van der Waals surface area contributed by atoms with Gasteiger partial charge >= 0.3 is 0 Å². The van der Waals surface area contributed by atoms with Crippen molar-refractivity contribution < 1.29 is 0 Å². The summed E-state index contributed by atoms with van der Waals surface area (Å²) in [6, 6.07) is 0.730. The summed E-state index contributed by atoms with van der Waals surface area (Å²) in [6.07, 6.45) is 3.78. The molecule has 0 aromatic carbocycles. The van der Waals surface area contributed by atoms with E-state index in [1.807, 2.05) is 0 Å². The third kappa shape index (κ3) is 4.64. The van der Waals surface area contributed by atoms with Crippen molar-refractivity contribution in [3.63, 3.8) is 0 Å². The molecule has 0 radical (unpaired) electrons. The molecule has 0 aliphatic carbocycles. The maximum atomic E-state index is 3.87. The highest BCUT2D eigenvalue weighted by molar-refractivity contribution is 7.99. The summed E-state index contributed by atoms with van der Waals surface area (Å²) in [5.41, 5.74) is 0.362. The third-order valence-corrected chi connectivity index (χ3v) is 5.92. The van der Waals surface area contributed by atoms with Crippen LogP contribution in [0.5, 0.6) is 0 Å². The smallest absolute Gasteiger partial charge is 0.0304 e. The van der Waals surface area contributed by atoms with Crippen molar-refractivity contribution in [3.05, 3.63) is 0 Å². The first-order valence-electron chi connectivity index (χ1n) is 8.19. The van der Waals surface area contributed by atoms with Gasteiger partial charge in [-0.05, 0) is 24.5 Å². The fourth-order valence-electron chi connectivity index (χ4n) is 3.14. The van der Waals surface area contributed by atoms with Crippen LogP contribution in [-0.4, -0.2) is 47.6 Å². The van der Waals surface area contributed by atoms with Crippen LogP contribution in [0.1, 0.15) is 53.9 Å². The molecule has 0 bridgehead atoms. The van der Waals surface area contributed by atoms with E-state index in [1.165, 1.54) is 50.4 Å². The molecular formula is C16H34N2S. The summed E-state index contributed by atoms with van der Waals surface area (Å²) < 4.78 is 0. The molecule has 1 rings (SSSR count). The van der Waals surface area contributed by atoms with Crippen LogP contribution in [0.2, 0.25) is 0 Å². The number of hydrogen-bond acceptors (Lipinski definition) is 3. The maximum Gasteiger partial charge on any atom is 0.0304 e. The van der Waals surface area contributed by atoms with E-state index in [2.05, 4.69) is 56.6 Å². The SMILES string of the molecule is CCSCCN1CC(CC)(CC)NCC1C(C)CC. The van der Waals surface area contributed by atoms with Gasteiger partial charge in [0.05, 0.1) is 0 Å². The zero-order valence-corrected chi connectivity index (χ0v) is 14.5. The van der Waals surface area contributed by atoms with Crippen LogP contribution >= 0.6 is 11.8 Å². The van der Waals surface area contributed by atoms with Crippen molar-refractivity contribution in [2.24, 2.45) is 5.92 Å². The zero-order valence-electron chi connectivity index (χ0n) is 13.7. The molecule has 2 unspecified atom stereocenters. The Hall–Kier alpha value is 0.270. The van der Waals surface area contributed by atoms with E-state index < -0.39 is 0 Å². The molecule has 0 amide bonds. The summed E-state index contributed by atoms with van der Waals surface area (Å²) in [6.45, 7) is 15.3. The molecule has 1 saturated heterocycles. The molecule has 114 valence electrons. The molecule has 2 nitrogen and oxygen atoms in total. The largest absolute Gasteiger partial charge is 0.308 e. The van der Waals surface area contributed by atoms with Crippen LogP contribution in [0.4, 0.5) is 0 Å². The van der Waals surface area contributed by atoms with Gasteiger partial charge < -0.3 is 5.32 Å². The third-order valence-electron chi connectivity index (χ3n) is 5.04. The Labute approximate surface area is 125 Å². The van der Waals surface area contributed by atoms with Crippen LogP contribution in [0.3, 0.4) is 0 Å². The summed E-state index contributed by atoms with van der Waals surface area (Å²) in [4.78, 5) is 2.78. The molecule has 0 aromatic heterocycles. The minimum atomic E-state index is 0.362. The van der Waals surface area contributed by atoms with Gasteiger partial charge in [0.15, 0.2) is 0 Å². The van der Waals surface area contributed by atoms with Gasteiger partial charge in [0, 0.05) is 37.0 Å². The van der Waals surface area contributed by atoms with Crippen molar-refractivity contribution in [2.75, 3.05) is 31.1 Å². The fraction of sp³-hybridized carbons (Fsp3) is 1.00. The highest BCUT2D eigenvalue weighted by atomic mass is 32.2. The molecular weight excluding hydrogens is 252 g/mol. The molecule has 1 aliphatic rings. The molecule has 0 spiro atoms. The lowest BCUT2D eigenvalue weighted by atomic mass is 9.85. The lowest BCUT2D eigenvalue weighted by Gasteiger charge is -2.49. The van der Waals surface area contributed by atoms with Gasteiger partial charge in [-0.3, -0.25) is 4.90 Å². The monoisotopic (exact) mass is 286 g/mol. The lowest BCUT2D eigenvalue weighted by Crippen LogP contribution is -2.65. The Morgan fingerprint density at radius 3 is 2.47 bits per heavy atom. The van der Waals surface area contributed by atoms with E-state index in [9.17, 15) is 0 Å². The van der Waals surface area contributed by atoms with Gasteiger partial charge in [0.25, 0.3) is 0 Å². The van der Waals surface area contributed by atoms with E-state index in [1.54, 1.807) is 0 Å². The van der Waals surface area contributed by atoms with E-state index in [0.717, 1.165) is 12.0 Å². The molecule has 19 heavy (non-hydrogen) atoms. The first-order chi connectivity index (χ1) is 9.12. The Kier molecular flexibility index (Phi) is 7.78. The van der Waals surface area contributed by atoms with Gasteiger partial charge in [-0.2, -0.15) is 11.8 Å². The average Bonchev–Trinajstić information content (AvgIpc) is 2.46. The number of nitrogens with zero attached hydrogens (tertiary/aromatic N) is 1. The number of thioether (sulfide) groups is 1. The predicted octanol–water partition coefficient (Wildman–Crippen LogP) is 3.62. The van der Waals surface area contributed by atoms with Gasteiger partial charge in [-0.25, -0.2) is 0 Å². The Morgan fingerprint density at radius 1 is 1.26 bits per heavy atom. The summed E-state index contributed by atoms with van der Waals surface area (Å²) in [7, 11) is 0. The zero-order chi connectivity index (χ0) is 14.3. The molecule has 0 saturated carbocycles. The van der Waals surface area contributed by atoms with Gasteiger partial charge in [0.2, 0.25) is 0 Å². The van der Waals surface area contributed by atoms with Crippen molar-refractivity contribution in [1.82, 2.24) is 10.2 Å². The maximum absolute atomic E-state index is 3.87. The first kappa shape index (κ1) is 17.3. The summed E-state index contributed by atoms with van der Waals surface area (Å²) in [5, 5.41) is 3.87. The van der Waals surface area contributed by atoms with Gasteiger partial charge in [-0.1, -0.05) is 41.0 Å². The van der Waals surface area contributed by atoms with E-state index in [-0.39, 0.29) is 0 Å². The molecule has 0 aromatic rings. The molecule has 3 heteroatoms. The Bertz CT molecular complexity index is 241. The molecule has 1 N–H and O–H groups in total. The van der Waals surface area contributed by atoms with Crippen molar-refractivity contribution in [1.29, 1.82) is 0 Å². The molecule has 1 aliphatic heterocycles. The Morgan fingerprint density at radius 2 is 1.95 bits per heavy atom. The van der Waals surface area contributed by atoms with Crippen LogP contribution in [0.25, 0.3) is 0 Å².